The Morgan fingerprint density at radius 1 is 1.29 bits per heavy atom. The molecule has 1 amide bonds. The fourth-order valence-electron chi connectivity index (χ4n) is 1.94. The normalized spacial score (nSPS) is 10.5. The first-order valence-electron chi connectivity index (χ1n) is 6.87. The van der Waals surface area contributed by atoms with Crippen LogP contribution in [0.5, 0.6) is 11.5 Å². The van der Waals surface area contributed by atoms with E-state index in [1.807, 2.05) is 26.0 Å². The van der Waals surface area contributed by atoms with Crippen molar-refractivity contribution >= 4 is 18.3 Å². The molecule has 3 N–H and O–H groups in total. The molecule has 1 aromatic carbocycles. The Balaban J connectivity index is 0.00000400. The summed E-state index contributed by atoms with van der Waals surface area (Å²) in [7, 11) is 1.59. The smallest absolute Gasteiger partial charge is 0.258 e. The third kappa shape index (κ3) is 5.81. The monoisotopic (exact) mass is 316 g/mol. The van der Waals surface area contributed by atoms with E-state index in [-0.39, 0.29) is 30.5 Å². The number of rotatable bonds is 8. The largest absolute Gasteiger partial charge is 0.497 e. The van der Waals surface area contributed by atoms with Crippen LogP contribution in [0.1, 0.15) is 26.7 Å². The summed E-state index contributed by atoms with van der Waals surface area (Å²) in [5, 5.41) is 2.96. The van der Waals surface area contributed by atoms with Gasteiger partial charge in [-0.3, -0.25) is 4.79 Å². The first-order valence-corrected chi connectivity index (χ1v) is 6.87. The zero-order valence-corrected chi connectivity index (χ0v) is 13.7. The van der Waals surface area contributed by atoms with Gasteiger partial charge in [-0.15, -0.1) is 12.4 Å². The van der Waals surface area contributed by atoms with Gasteiger partial charge in [-0.2, -0.15) is 0 Å². The Bertz CT molecular complexity index is 428. The van der Waals surface area contributed by atoms with Gasteiger partial charge in [-0.1, -0.05) is 19.9 Å². The molecule has 0 aliphatic rings. The Labute approximate surface area is 132 Å². The highest BCUT2D eigenvalue weighted by molar-refractivity contribution is 5.85. The highest BCUT2D eigenvalue weighted by Gasteiger charge is 2.26. The third-order valence-electron chi connectivity index (χ3n) is 3.56. The summed E-state index contributed by atoms with van der Waals surface area (Å²) in [6.07, 6.45) is 1.59. The van der Waals surface area contributed by atoms with Crippen molar-refractivity contribution in [3.8, 4) is 11.5 Å². The van der Waals surface area contributed by atoms with Crippen LogP contribution in [-0.2, 0) is 4.79 Å². The topological polar surface area (TPSA) is 73.6 Å². The van der Waals surface area contributed by atoms with E-state index in [2.05, 4.69) is 5.32 Å². The van der Waals surface area contributed by atoms with Crippen molar-refractivity contribution in [1.29, 1.82) is 0 Å². The van der Waals surface area contributed by atoms with Gasteiger partial charge in [0.2, 0.25) is 0 Å². The predicted molar refractivity (Wildman–Crippen MR) is 86.2 cm³/mol. The number of carbonyl (C=O) groups is 1. The third-order valence-corrected chi connectivity index (χ3v) is 3.56. The molecule has 0 aliphatic carbocycles. The quantitative estimate of drug-likeness (QED) is 0.770. The molecular formula is C15H25ClN2O3. The summed E-state index contributed by atoms with van der Waals surface area (Å²) in [4.78, 5) is 11.9. The highest BCUT2D eigenvalue weighted by Crippen LogP contribution is 2.19. The van der Waals surface area contributed by atoms with Crippen LogP contribution >= 0.6 is 12.4 Å². The van der Waals surface area contributed by atoms with Crippen molar-refractivity contribution in [2.45, 2.75) is 32.2 Å². The van der Waals surface area contributed by atoms with Gasteiger partial charge in [0, 0.05) is 12.6 Å². The summed E-state index contributed by atoms with van der Waals surface area (Å²) in [6.45, 7) is 4.42. The van der Waals surface area contributed by atoms with Crippen molar-refractivity contribution < 1.29 is 14.3 Å². The summed E-state index contributed by atoms with van der Waals surface area (Å²) >= 11 is 0. The molecule has 0 saturated carbocycles. The molecule has 120 valence electrons. The van der Waals surface area contributed by atoms with Crippen LogP contribution in [0.15, 0.2) is 24.3 Å². The van der Waals surface area contributed by atoms with Gasteiger partial charge < -0.3 is 20.5 Å². The molecule has 1 rings (SSSR count). The highest BCUT2D eigenvalue weighted by atomic mass is 35.5. The first kappa shape index (κ1) is 19.5. The lowest BCUT2D eigenvalue weighted by atomic mass is 9.93. The number of hydrogen-bond donors (Lipinski definition) is 2. The van der Waals surface area contributed by atoms with Crippen LogP contribution in [0.2, 0.25) is 0 Å². The minimum absolute atomic E-state index is 0. The summed E-state index contributed by atoms with van der Waals surface area (Å²) in [6, 6.07) is 7.16. The molecule has 1 aromatic rings. The van der Waals surface area contributed by atoms with Gasteiger partial charge >= 0.3 is 0 Å². The first-order chi connectivity index (χ1) is 9.59. The average molecular weight is 317 g/mol. The molecule has 0 saturated heterocycles. The van der Waals surface area contributed by atoms with Crippen molar-refractivity contribution in [2.75, 3.05) is 20.3 Å². The molecule has 0 aromatic heterocycles. The molecule has 0 radical (unpaired) electrons. The second kappa shape index (κ2) is 9.47. The minimum atomic E-state index is -0.338. The van der Waals surface area contributed by atoms with Crippen molar-refractivity contribution in [3.05, 3.63) is 24.3 Å². The maximum absolute atomic E-state index is 11.9. The molecule has 0 unspecified atom stereocenters. The van der Waals surface area contributed by atoms with Gasteiger partial charge in [0.1, 0.15) is 11.5 Å². The summed E-state index contributed by atoms with van der Waals surface area (Å²) in [5.74, 6) is 1.13. The molecule has 0 heterocycles. The van der Waals surface area contributed by atoms with E-state index >= 15 is 0 Å². The Morgan fingerprint density at radius 3 is 2.43 bits per heavy atom. The second-order valence-corrected chi connectivity index (χ2v) is 4.71. The predicted octanol–water partition coefficient (Wildman–Crippen LogP) is 2.13. The molecule has 5 nitrogen and oxygen atoms in total. The SMILES string of the molecule is CCC(CC)(CN)NC(=O)COc1cccc(OC)c1.Cl. The van der Waals surface area contributed by atoms with Gasteiger partial charge in [-0.25, -0.2) is 0 Å². The molecule has 21 heavy (non-hydrogen) atoms. The van der Waals surface area contributed by atoms with Gasteiger partial charge in [0.05, 0.1) is 12.6 Å². The van der Waals surface area contributed by atoms with Crippen LogP contribution in [0.25, 0.3) is 0 Å². The minimum Gasteiger partial charge on any atom is -0.497 e. The summed E-state index contributed by atoms with van der Waals surface area (Å²) < 4.78 is 10.6. The lowest BCUT2D eigenvalue weighted by Crippen LogP contribution is -2.54. The van der Waals surface area contributed by atoms with E-state index in [9.17, 15) is 4.79 Å². The van der Waals surface area contributed by atoms with Crippen molar-refractivity contribution in [1.82, 2.24) is 5.32 Å². The van der Waals surface area contributed by atoms with Crippen LogP contribution in [0.3, 0.4) is 0 Å². The number of halogens is 1. The van der Waals surface area contributed by atoms with Crippen molar-refractivity contribution in [2.24, 2.45) is 5.73 Å². The number of ether oxygens (including phenoxy) is 2. The Kier molecular flexibility index (Phi) is 8.81. The molecule has 0 bridgehead atoms. The number of nitrogens with two attached hydrogens (primary N) is 1. The zero-order chi connectivity index (χ0) is 15.0. The number of methoxy groups -OCH3 is 1. The van der Waals surface area contributed by atoms with Gasteiger partial charge in [0.25, 0.3) is 5.91 Å². The van der Waals surface area contributed by atoms with E-state index in [0.717, 1.165) is 12.8 Å². The number of nitrogens with one attached hydrogen (secondary N) is 1. The summed E-state index contributed by atoms with van der Waals surface area (Å²) in [5.41, 5.74) is 5.41. The fraction of sp³-hybridized carbons (Fsp3) is 0.533. The molecule has 0 fully saturated rings. The second-order valence-electron chi connectivity index (χ2n) is 4.71. The molecular weight excluding hydrogens is 292 g/mol. The Hall–Kier alpha value is -1.46. The number of amides is 1. The molecule has 6 heteroatoms. The zero-order valence-electron chi connectivity index (χ0n) is 12.8. The number of benzene rings is 1. The maximum atomic E-state index is 11.9. The van der Waals surface area contributed by atoms with Crippen molar-refractivity contribution in [3.63, 3.8) is 0 Å². The van der Waals surface area contributed by atoms with Crippen LogP contribution in [0, 0.1) is 0 Å². The standard InChI is InChI=1S/C15H24N2O3.ClH/c1-4-15(5-2,11-16)17-14(18)10-20-13-8-6-7-12(9-13)19-3;/h6-9H,4-5,10-11,16H2,1-3H3,(H,17,18);1H. The molecule has 0 atom stereocenters. The van der Waals surface area contributed by atoms with E-state index < -0.39 is 0 Å². The maximum Gasteiger partial charge on any atom is 0.258 e. The van der Waals surface area contributed by atoms with E-state index in [1.54, 1.807) is 19.2 Å². The lowest BCUT2D eigenvalue weighted by molar-refractivity contribution is -0.125. The lowest BCUT2D eigenvalue weighted by Gasteiger charge is -2.31. The van der Waals surface area contributed by atoms with Gasteiger partial charge in [0.15, 0.2) is 6.61 Å². The number of hydrogen-bond acceptors (Lipinski definition) is 4. The van der Waals surface area contributed by atoms with Crippen LogP contribution in [-0.4, -0.2) is 31.7 Å². The molecule has 0 aliphatic heterocycles. The van der Waals surface area contributed by atoms with E-state index in [0.29, 0.717) is 18.0 Å². The van der Waals surface area contributed by atoms with E-state index in [4.69, 9.17) is 15.2 Å². The fourth-order valence-corrected chi connectivity index (χ4v) is 1.94. The van der Waals surface area contributed by atoms with Crippen LogP contribution < -0.4 is 20.5 Å². The average Bonchev–Trinajstić information content (AvgIpc) is 2.51. The van der Waals surface area contributed by atoms with Gasteiger partial charge in [-0.05, 0) is 25.0 Å². The van der Waals surface area contributed by atoms with Crippen LogP contribution in [0.4, 0.5) is 0 Å². The number of carbonyl (C=O) groups excluding carboxylic acids is 1. The molecule has 0 spiro atoms. The Morgan fingerprint density at radius 2 is 1.90 bits per heavy atom. The van der Waals surface area contributed by atoms with E-state index in [1.165, 1.54) is 0 Å².